The fourth-order valence-electron chi connectivity index (χ4n) is 1.42. The second-order valence-corrected chi connectivity index (χ2v) is 5.20. The van der Waals surface area contributed by atoms with E-state index >= 15 is 0 Å². The van der Waals surface area contributed by atoms with Gasteiger partial charge in [-0.25, -0.2) is 4.79 Å². The molecule has 0 spiro atoms. The van der Waals surface area contributed by atoms with E-state index in [4.69, 9.17) is 14.2 Å². The lowest BCUT2D eigenvalue weighted by atomic mass is 10.2. The van der Waals surface area contributed by atoms with Gasteiger partial charge in [0.25, 0.3) is 0 Å². The third-order valence-electron chi connectivity index (χ3n) is 2.19. The van der Waals surface area contributed by atoms with Gasteiger partial charge in [-0.05, 0) is 58.9 Å². The van der Waals surface area contributed by atoms with Gasteiger partial charge in [0, 0.05) is 0 Å². The van der Waals surface area contributed by atoms with Crippen LogP contribution in [0.2, 0.25) is 0 Å². The third kappa shape index (κ3) is 5.64. The molecule has 1 aromatic rings. The van der Waals surface area contributed by atoms with Crippen LogP contribution in [-0.2, 0) is 9.53 Å². The Morgan fingerprint density at radius 2 is 1.68 bits per heavy atom. The predicted molar refractivity (Wildman–Crippen MR) is 73.5 cm³/mol. The summed E-state index contributed by atoms with van der Waals surface area (Å²) in [4.78, 5) is 11.8. The van der Waals surface area contributed by atoms with Gasteiger partial charge in [-0.1, -0.05) is 0 Å². The van der Waals surface area contributed by atoms with Gasteiger partial charge in [-0.15, -0.1) is 0 Å². The molecule has 0 aliphatic rings. The zero-order valence-corrected chi connectivity index (χ0v) is 12.2. The summed E-state index contributed by atoms with van der Waals surface area (Å²) in [5, 5.41) is 0. The lowest BCUT2D eigenvalue weighted by Gasteiger charge is -2.22. The number of carbonyl (C=O) groups is 1. The van der Waals surface area contributed by atoms with Crippen molar-refractivity contribution in [1.82, 2.24) is 0 Å². The van der Waals surface area contributed by atoms with Crippen LogP contribution in [0.4, 0.5) is 0 Å². The first-order chi connectivity index (χ1) is 8.81. The van der Waals surface area contributed by atoms with Gasteiger partial charge < -0.3 is 14.2 Å². The quantitative estimate of drug-likeness (QED) is 0.768. The van der Waals surface area contributed by atoms with Crippen LogP contribution in [0, 0.1) is 0 Å². The van der Waals surface area contributed by atoms with Gasteiger partial charge >= 0.3 is 5.97 Å². The van der Waals surface area contributed by atoms with E-state index in [0.29, 0.717) is 12.4 Å². The lowest BCUT2D eigenvalue weighted by Crippen LogP contribution is -2.33. The summed E-state index contributed by atoms with van der Waals surface area (Å²) in [7, 11) is 0. The van der Waals surface area contributed by atoms with Crippen molar-refractivity contribution in [2.24, 2.45) is 0 Å². The smallest absolute Gasteiger partial charge is 0.347 e. The molecule has 0 heterocycles. The van der Waals surface area contributed by atoms with Crippen LogP contribution in [0.25, 0.3) is 0 Å². The van der Waals surface area contributed by atoms with Crippen molar-refractivity contribution in [3.63, 3.8) is 0 Å². The van der Waals surface area contributed by atoms with Crippen LogP contribution >= 0.6 is 0 Å². The number of ether oxygens (including phenoxy) is 3. The molecule has 0 amide bonds. The van der Waals surface area contributed by atoms with Crippen LogP contribution in [0.1, 0.15) is 34.6 Å². The van der Waals surface area contributed by atoms with Gasteiger partial charge in [0.2, 0.25) is 0 Å². The summed E-state index contributed by atoms with van der Waals surface area (Å²) in [5.74, 6) is 1.02. The second-order valence-electron chi connectivity index (χ2n) is 5.20. The second kappa shape index (κ2) is 6.45. The first-order valence-electron chi connectivity index (χ1n) is 6.44. The van der Waals surface area contributed by atoms with Crippen molar-refractivity contribution in [3.8, 4) is 11.5 Å². The molecule has 0 fully saturated rings. The summed E-state index contributed by atoms with van der Waals surface area (Å²) in [5.41, 5.74) is -0.506. The molecule has 19 heavy (non-hydrogen) atoms. The highest BCUT2D eigenvalue weighted by Gasteiger charge is 2.22. The van der Waals surface area contributed by atoms with Crippen molar-refractivity contribution in [3.05, 3.63) is 24.3 Å². The molecule has 1 aromatic carbocycles. The van der Waals surface area contributed by atoms with Crippen molar-refractivity contribution >= 4 is 5.97 Å². The fraction of sp³-hybridized carbons (Fsp3) is 0.533. The van der Waals surface area contributed by atoms with Gasteiger partial charge in [-0.2, -0.15) is 0 Å². The Morgan fingerprint density at radius 1 is 1.16 bits per heavy atom. The highest BCUT2D eigenvalue weighted by atomic mass is 16.6. The van der Waals surface area contributed by atoms with Crippen LogP contribution in [-0.4, -0.2) is 24.3 Å². The summed E-state index contributed by atoms with van der Waals surface area (Å²) < 4.78 is 16.1. The van der Waals surface area contributed by atoms with E-state index in [1.54, 1.807) is 31.2 Å². The molecule has 106 valence electrons. The number of rotatable bonds is 5. The highest BCUT2D eigenvalue weighted by Crippen LogP contribution is 2.19. The molecular formula is C15H22O4. The summed E-state index contributed by atoms with van der Waals surface area (Å²) in [6.07, 6.45) is -0.642. The Balaban J connectivity index is 2.56. The molecule has 0 radical (unpaired) electrons. The molecule has 0 aliphatic carbocycles. The van der Waals surface area contributed by atoms with Crippen molar-refractivity contribution in [2.75, 3.05) is 6.61 Å². The summed E-state index contributed by atoms with van der Waals surface area (Å²) >= 11 is 0. The molecule has 0 saturated heterocycles. The van der Waals surface area contributed by atoms with Gasteiger partial charge in [0.05, 0.1) is 6.61 Å². The summed E-state index contributed by atoms with van der Waals surface area (Å²) in [6.45, 7) is 9.70. The number of hydrogen-bond donors (Lipinski definition) is 0. The van der Waals surface area contributed by atoms with Crippen molar-refractivity contribution in [1.29, 1.82) is 0 Å². The average molecular weight is 266 g/mol. The highest BCUT2D eigenvalue weighted by molar-refractivity contribution is 5.75. The SMILES string of the molecule is CCOc1ccc(OC(C)C(=O)OC(C)(C)C)cc1. The van der Waals surface area contributed by atoms with E-state index in [1.165, 1.54) is 0 Å². The average Bonchev–Trinajstić information content (AvgIpc) is 2.29. The molecular weight excluding hydrogens is 244 g/mol. The number of hydrogen-bond acceptors (Lipinski definition) is 4. The zero-order chi connectivity index (χ0) is 14.5. The first kappa shape index (κ1) is 15.3. The number of benzene rings is 1. The van der Waals surface area contributed by atoms with Crippen LogP contribution in [0.15, 0.2) is 24.3 Å². The molecule has 0 aromatic heterocycles. The Morgan fingerprint density at radius 3 is 2.16 bits per heavy atom. The Kier molecular flexibility index (Phi) is 5.21. The van der Waals surface area contributed by atoms with E-state index in [-0.39, 0.29) is 5.97 Å². The monoisotopic (exact) mass is 266 g/mol. The molecule has 4 nitrogen and oxygen atoms in total. The van der Waals surface area contributed by atoms with Crippen molar-refractivity contribution < 1.29 is 19.0 Å². The Bertz CT molecular complexity index is 403. The molecule has 0 aliphatic heterocycles. The van der Waals surface area contributed by atoms with E-state index in [2.05, 4.69) is 0 Å². The lowest BCUT2D eigenvalue weighted by molar-refractivity contribution is -0.162. The molecule has 0 N–H and O–H groups in total. The topological polar surface area (TPSA) is 44.8 Å². The molecule has 1 atom stereocenters. The first-order valence-corrected chi connectivity index (χ1v) is 6.44. The van der Waals surface area contributed by atoms with Gasteiger partial charge in [0.15, 0.2) is 6.10 Å². The van der Waals surface area contributed by atoms with Crippen molar-refractivity contribution in [2.45, 2.75) is 46.3 Å². The normalized spacial score (nSPS) is 12.7. The molecule has 4 heteroatoms. The van der Waals surface area contributed by atoms with Crippen LogP contribution in [0.3, 0.4) is 0 Å². The minimum absolute atomic E-state index is 0.374. The zero-order valence-electron chi connectivity index (χ0n) is 12.2. The van der Waals surface area contributed by atoms with Crippen LogP contribution in [0.5, 0.6) is 11.5 Å². The van der Waals surface area contributed by atoms with E-state index in [1.807, 2.05) is 27.7 Å². The number of carbonyl (C=O) groups excluding carboxylic acids is 1. The molecule has 0 bridgehead atoms. The third-order valence-corrected chi connectivity index (χ3v) is 2.19. The minimum Gasteiger partial charge on any atom is -0.494 e. The largest absolute Gasteiger partial charge is 0.494 e. The number of esters is 1. The maximum Gasteiger partial charge on any atom is 0.347 e. The molecule has 1 rings (SSSR count). The standard InChI is InChI=1S/C15H22O4/c1-6-17-12-7-9-13(10-8-12)18-11(2)14(16)19-15(3,4)5/h7-11H,6H2,1-5H3. The Labute approximate surface area is 114 Å². The van der Waals surface area contributed by atoms with E-state index in [9.17, 15) is 4.79 Å². The fourth-order valence-corrected chi connectivity index (χ4v) is 1.42. The Hall–Kier alpha value is -1.71. The van der Waals surface area contributed by atoms with E-state index in [0.717, 1.165) is 5.75 Å². The maximum absolute atomic E-state index is 11.8. The van der Waals surface area contributed by atoms with Gasteiger partial charge in [0.1, 0.15) is 17.1 Å². The maximum atomic E-state index is 11.8. The minimum atomic E-state index is -0.642. The van der Waals surface area contributed by atoms with Crippen LogP contribution < -0.4 is 9.47 Å². The van der Waals surface area contributed by atoms with Gasteiger partial charge in [-0.3, -0.25) is 0 Å². The predicted octanol–water partition coefficient (Wildman–Crippen LogP) is 3.19. The molecule has 0 saturated carbocycles. The van der Waals surface area contributed by atoms with E-state index < -0.39 is 11.7 Å². The molecule has 1 unspecified atom stereocenters. The summed E-state index contributed by atoms with van der Waals surface area (Å²) in [6, 6.07) is 7.15.